The van der Waals surface area contributed by atoms with Gasteiger partial charge < -0.3 is 5.32 Å². The highest BCUT2D eigenvalue weighted by molar-refractivity contribution is 7.99. The average molecular weight is 312 g/mol. The number of hydrogen-bond acceptors (Lipinski definition) is 2. The Balaban J connectivity index is 1.94. The van der Waals surface area contributed by atoms with Crippen molar-refractivity contribution in [3.05, 3.63) is 34.9 Å². The van der Waals surface area contributed by atoms with Crippen molar-refractivity contribution < 1.29 is 0 Å². The molecule has 1 aromatic carbocycles. The maximum Gasteiger partial charge on any atom is 0.0454 e. The van der Waals surface area contributed by atoms with Gasteiger partial charge in [0.15, 0.2) is 0 Å². The van der Waals surface area contributed by atoms with Crippen LogP contribution in [0.3, 0.4) is 0 Å². The Bertz CT molecular complexity index is 390. The van der Waals surface area contributed by atoms with Gasteiger partial charge in [0, 0.05) is 22.1 Å². The number of hydrogen-bond donors (Lipinski definition) is 1. The van der Waals surface area contributed by atoms with Gasteiger partial charge in [-0.3, -0.25) is 0 Å². The number of thioether (sulfide) groups is 1. The number of rotatable bonds is 7. The summed E-state index contributed by atoms with van der Waals surface area (Å²) in [6.07, 6.45) is 8.21. The molecule has 0 bridgehead atoms. The van der Waals surface area contributed by atoms with Gasteiger partial charge in [0.25, 0.3) is 0 Å². The molecule has 2 rings (SSSR count). The lowest BCUT2D eigenvalue weighted by Gasteiger charge is -2.25. The van der Waals surface area contributed by atoms with Crippen molar-refractivity contribution in [2.24, 2.45) is 0 Å². The molecule has 1 aliphatic carbocycles. The van der Waals surface area contributed by atoms with Crippen LogP contribution in [-0.2, 0) is 0 Å². The molecule has 1 unspecified atom stereocenters. The molecule has 1 aromatic rings. The van der Waals surface area contributed by atoms with Crippen molar-refractivity contribution in [2.45, 2.75) is 56.7 Å². The minimum absolute atomic E-state index is 0.385. The molecular weight excluding hydrogens is 286 g/mol. The van der Waals surface area contributed by atoms with Gasteiger partial charge in [0.05, 0.1) is 0 Å². The zero-order chi connectivity index (χ0) is 14.2. The van der Waals surface area contributed by atoms with E-state index in [0.29, 0.717) is 6.04 Å². The molecular formula is C17H26ClNS. The fourth-order valence-corrected chi connectivity index (χ4v) is 4.50. The molecule has 20 heavy (non-hydrogen) atoms. The zero-order valence-corrected chi connectivity index (χ0v) is 14.0. The van der Waals surface area contributed by atoms with Crippen LogP contribution in [0.2, 0.25) is 5.02 Å². The fraction of sp³-hybridized carbons (Fsp3) is 0.647. The first-order chi connectivity index (χ1) is 9.81. The SMILES string of the molecule is CCCNC(CSC1CCCCC1)c1ccccc1Cl. The van der Waals surface area contributed by atoms with Crippen LogP contribution in [0, 0.1) is 0 Å². The molecule has 3 heteroatoms. The van der Waals surface area contributed by atoms with Crippen molar-refractivity contribution in [1.82, 2.24) is 5.32 Å². The van der Waals surface area contributed by atoms with Gasteiger partial charge in [-0.1, -0.05) is 56.0 Å². The first-order valence-corrected chi connectivity index (χ1v) is 9.33. The molecule has 0 spiro atoms. The molecule has 0 aromatic heterocycles. The molecule has 0 saturated heterocycles. The molecule has 1 aliphatic rings. The van der Waals surface area contributed by atoms with Gasteiger partial charge in [0.1, 0.15) is 0 Å². The van der Waals surface area contributed by atoms with Crippen LogP contribution >= 0.6 is 23.4 Å². The van der Waals surface area contributed by atoms with Gasteiger partial charge in [-0.2, -0.15) is 11.8 Å². The summed E-state index contributed by atoms with van der Waals surface area (Å²) in [4.78, 5) is 0. The van der Waals surface area contributed by atoms with Crippen molar-refractivity contribution in [3.8, 4) is 0 Å². The van der Waals surface area contributed by atoms with Crippen LogP contribution < -0.4 is 5.32 Å². The molecule has 1 fully saturated rings. The molecule has 0 aliphatic heterocycles. The highest BCUT2D eigenvalue weighted by atomic mass is 35.5. The van der Waals surface area contributed by atoms with Gasteiger partial charge >= 0.3 is 0 Å². The normalized spacial score (nSPS) is 18.1. The molecule has 0 amide bonds. The topological polar surface area (TPSA) is 12.0 Å². The Morgan fingerprint density at radius 2 is 2.00 bits per heavy atom. The maximum absolute atomic E-state index is 6.37. The van der Waals surface area contributed by atoms with E-state index in [-0.39, 0.29) is 0 Å². The van der Waals surface area contributed by atoms with Gasteiger partial charge in [-0.05, 0) is 37.4 Å². The summed E-state index contributed by atoms with van der Waals surface area (Å²) >= 11 is 8.51. The lowest BCUT2D eigenvalue weighted by Crippen LogP contribution is -2.25. The second-order valence-corrected chi connectivity index (χ2v) is 7.36. The number of halogens is 1. The third kappa shape index (κ3) is 4.98. The van der Waals surface area contributed by atoms with E-state index in [2.05, 4.69) is 36.1 Å². The van der Waals surface area contributed by atoms with Crippen LogP contribution in [-0.4, -0.2) is 17.5 Å². The highest BCUT2D eigenvalue weighted by Crippen LogP contribution is 2.32. The van der Waals surface area contributed by atoms with Crippen LogP contribution in [0.4, 0.5) is 0 Å². The Kier molecular flexibility index (Phi) is 7.26. The van der Waals surface area contributed by atoms with Gasteiger partial charge in [-0.25, -0.2) is 0 Å². The predicted molar refractivity (Wildman–Crippen MR) is 91.8 cm³/mol. The molecule has 1 saturated carbocycles. The van der Waals surface area contributed by atoms with E-state index in [1.807, 2.05) is 12.1 Å². The Morgan fingerprint density at radius 1 is 1.25 bits per heavy atom. The second kappa shape index (κ2) is 8.96. The average Bonchev–Trinajstić information content (AvgIpc) is 2.49. The molecule has 0 heterocycles. The van der Waals surface area contributed by atoms with E-state index in [0.717, 1.165) is 29.0 Å². The maximum atomic E-state index is 6.37. The van der Waals surface area contributed by atoms with Crippen LogP contribution in [0.25, 0.3) is 0 Å². The zero-order valence-electron chi connectivity index (χ0n) is 12.4. The Hall–Kier alpha value is -0.180. The molecule has 112 valence electrons. The summed E-state index contributed by atoms with van der Waals surface area (Å²) in [5.74, 6) is 1.13. The third-order valence-corrected chi connectivity index (χ3v) is 5.78. The van der Waals surface area contributed by atoms with Crippen molar-refractivity contribution >= 4 is 23.4 Å². The summed E-state index contributed by atoms with van der Waals surface area (Å²) in [5, 5.41) is 5.41. The summed E-state index contributed by atoms with van der Waals surface area (Å²) in [6, 6.07) is 8.65. The van der Waals surface area contributed by atoms with E-state index in [4.69, 9.17) is 11.6 Å². The number of nitrogens with one attached hydrogen (secondary N) is 1. The monoisotopic (exact) mass is 311 g/mol. The first-order valence-electron chi connectivity index (χ1n) is 7.90. The van der Waals surface area contributed by atoms with Crippen molar-refractivity contribution in [1.29, 1.82) is 0 Å². The summed E-state index contributed by atoms with van der Waals surface area (Å²) in [7, 11) is 0. The number of benzene rings is 1. The van der Waals surface area contributed by atoms with Crippen LogP contribution in [0.15, 0.2) is 24.3 Å². The van der Waals surface area contributed by atoms with E-state index in [1.165, 1.54) is 37.7 Å². The standard InChI is InChI=1S/C17H26ClNS/c1-2-12-19-17(15-10-6-7-11-16(15)18)13-20-14-8-4-3-5-9-14/h6-7,10-11,14,17,19H,2-5,8-9,12-13H2,1H3. The molecule has 1 N–H and O–H groups in total. The minimum Gasteiger partial charge on any atom is -0.309 e. The van der Waals surface area contributed by atoms with Gasteiger partial charge in [0.2, 0.25) is 0 Å². The van der Waals surface area contributed by atoms with E-state index in [9.17, 15) is 0 Å². The Labute approximate surface area is 132 Å². The van der Waals surface area contributed by atoms with Crippen molar-refractivity contribution in [3.63, 3.8) is 0 Å². The summed E-state index contributed by atoms with van der Waals surface area (Å²) < 4.78 is 0. The summed E-state index contributed by atoms with van der Waals surface area (Å²) in [5.41, 5.74) is 1.26. The second-order valence-electron chi connectivity index (χ2n) is 5.62. The lowest BCUT2D eigenvalue weighted by atomic mass is 10.0. The molecule has 1 atom stereocenters. The predicted octanol–water partition coefficient (Wildman–Crippen LogP) is 5.45. The lowest BCUT2D eigenvalue weighted by molar-refractivity contribution is 0.513. The van der Waals surface area contributed by atoms with E-state index < -0.39 is 0 Å². The van der Waals surface area contributed by atoms with Crippen LogP contribution in [0.5, 0.6) is 0 Å². The van der Waals surface area contributed by atoms with E-state index >= 15 is 0 Å². The molecule has 0 radical (unpaired) electrons. The summed E-state index contributed by atoms with van der Waals surface area (Å²) in [6.45, 7) is 3.27. The van der Waals surface area contributed by atoms with Crippen LogP contribution in [0.1, 0.15) is 57.1 Å². The van der Waals surface area contributed by atoms with Crippen molar-refractivity contribution in [2.75, 3.05) is 12.3 Å². The highest BCUT2D eigenvalue weighted by Gasteiger charge is 2.18. The van der Waals surface area contributed by atoms with E-state index in [1.54, 1.807) is 0 Å². The smallest absolute Gasteiger partial charge is 0.0454 e. The molecule has 1 nitrogen and oxygen atoms in total. The largest absolute Gasteiger partial charge is 0.309 e. The minimum atomic E-state index is 0.385. The Morgan fingerprint density at radius 3 is 2.70 bits per heavy atom. The first kappa shape index (κ1) is 16.2. The van der Waals surface area contributed by atoms with Gasteiger partial charge in [-0.15, -0.1) is 0 Å². The third-order valence-electron chi connectivity index (χ3n) is 3.97. The quantitative estimate of drug-likeness (QED) is 0.719. The fourth-order valence-electron chi connectivity index (χ4n) is 2.80.